The highest BCUT2D eigenvalue weighted by molar-refractivity contribution is 8.00. The van der Waals surface area contributed by atoms with Gasteiger partial charge in [-0.25, -0.2) is 4.98 Å². The number of imidazole rings is 1. The Bertz CT molecular complexity index is 1110. The van der Waals surface area contributed by atoms with E-state index in [1.165, 1.54) is 23.9 Å². The standard InChI is InChI=1S/C21H22N4O4S/c1-14(20(26)23-11-5-6-12-23)30-21-22-16-13-15(25(27)28)9-10-17(16)24(21)18-7-3-4-8-19(18)29-2/h3-4,7-10,13-14H,5-6,11-12H2,1-2H3/t14-/m0/s1. The first kappa shape index (κ1) is 20.2. The molecule has 0 bridgehead atoms. The van der Waals surface area contributed by atoms with Crippen LogP contribution in [-0.4, -0.2) is 50.7 Å². The van der Waals surface area contributed by atoms with Gasteiger partial charge in [0.2, 0.25) is 5.91 Å². The number of methoxy groups -OCH3 is 1. The Balaban J connectivity index is 1.80. The van der Waals surface area contributed by atoms with Crippen molar-refractivity contribution < 1.29 is 14.5 Å². The topological polar surface area (TPSA) is 90.5 Å². The first-order chi connectivity index (χ1) is 14.5. The maximum absolute atomic E-state index is 12.8. The van der Waals surface area contributed by atoms with Gasteiger partial charge in [0.1, 0.15) is 5.75 Å². The van der Waals surface area contributed by atoms with Crippen LogP contribution in [0.15, 0.2) is 47.6 Å². The molecule has 9 heteroatoms. The van der Waals surface area contributed by atoms with Gasteiger partial charge in [-0.1, -0.05) is 23.9 Å². The molecule has 1 fully saturated rings. The molecule has 0 unspecified atom stereocenters. The van der Waals surface area contributed by atoms with Gasteiger partial charge < -0.3 is 9.64 Å². The van der Waals surface area contributed by atoms with Crippen molar-refractivity contribution >= 4 is 34.4 Å². The fourth-order valence-corrected chi connectivity index (χ4v) is 4.71. The number of amides is 1. The second kappa shape index (κ2) is 8.35. The zero-order valence-corrected chi connectivity index (χ0v) is 17.6. The first-order valence-electron chi connectivity index (χ1n) is 9.75. The molecular weight excluding hydrogens is 404 g/mol. The van der Waals surface area contributed by atoms with E-state index in [9.17, 15) is 14.9 Å². The number of hydrogen-bond acceptors (Lipinski definition) is 6. The maximum atomic E-state index is 12.8. The van der Waals surface area contributed by atoms with E-state index in [-0.39, 0.29) is 16.8 Å². The van der Waals surface area contributed by atoms with Crippen LogP contribution in [0.1, 0.15) is 19.8 Å². The zero-order chi connectivity index (χ0) is 21.3. The number of thioether (sulfide) groups is 1. The Morgan fingerprint density at radius 2 is 1.97 bits per heavy atom. The van der Waals surface area contributed by atoms with Gasteiger partial charge in [0.05, 0.1) is 34.0 Å². The number of aromatic nitrogens is 2. The fourth-order valence-electron chi connectivity index (χ4n) is 3.69. The molecule has 2 heterocycles. The summed E-state index contributed by atoms with van der Waals surface area (Å²) < 4.78 is 7.43. The molecule has 1 atom stereocenters. The highest BCUT2D eigenvalue weighted by Gasteiger charge is 2.27. The monoisotopic (exact) mass is 426 g/mol. The summed E-state index contributed by atoms with van der Waals surface area (Å²) in [6.07, 6.45) is 2.07. The quantitative estimate of drug-likeness (QED) is 0.336. The average Bonchev–Trinajstić information content (AvgIpc) is 3.40. The maximum Gasteiger partial charge on any atom is 0.271 e. The van der Waals surface area contributed by atoms with Crippen LogP contribution >= 0.6 is 11.8 Å². The second-order valence-electron chi connectivity index (χ2n) is 7.12. The molecule has 0 radical (unpaired) electrons. The number of ether oxygens (including phenoxy) is 1. The molecule has 156 valence electrons. The number of para-hydroxylation sites is 2. The second-order valence-corrected chi connectivity index (χ2v) is 8.43. The lowest BCUT2D eigenvalue weighted by Gasteiger charge is -2.20. The summed E-state index contributed by atoms with van der Waals surface area (Å²) in [6, 6.07) is 12.1. The molecule has 0 saturated carbocycles. The van der Waals surface area contributed by atoms with E-state index in [1.54, 1.807) is 13.2 Å². The number of hydrogen-bond donors (Lipinski definition) is 0. The van der Waals surface area contributed by atoms with Crippen LogP contribution in [0.4, 0.5) is 5.69 Å². The minimum Gasteiger partial charge on any atom is -0.495 e. The molecular formula is C21H22N4O4S. The minimum atomic E-state index is -0.437. The largest absolute Gasteiger partial charge is 0.495 e. The Morgan fingerprint density at radius 1 is 1.23 bits per heavy atom. The number of fused-ring (bicyclic) bond motifs is 1. The molecule has 4 rings (SSSR count). The van der Waals surface area contributed by atoms with Crippen LogP contribution in [0, 0.1) is 10.1 Å². The molecule has 1 amide bonds. The van der Waals surface area contributed by atoms with Gasteiger partial charge in [0.15, 0.2) is 5.16 Å². The van der Waals surface area contributed by atoms with Gasteiger partial charge in [-0.3, -0.25) is 19.5 Å². The van der Waals surface area contributed by atoms with Gasteiger partial charge in [-0.15, -0.1) is 0 Å². The van der Waals surface area contributed by atoms with E-state index < -0.39 is 4.92 Å². The van der Waals surface area contributed by atoms with Crippen molar-refractivity contribution in [1.82, 2.24) is 14.5 Å². The SMILES string of the molecule is COc1ccccc1-n1c(S[C@@H](C)C(=O)N2CCCC2)nc2cc([N+](=O)[O-])ccc21. The Morgan fingerprint density at radius 3 is 2.67 bits per heavy atom. The van der Waals surface area contributed by atoms with Gasteiger partial charge in [-0.2, -0.15) is 0 Å². The molecule has 1 aromatic heterocycles. The summed E-state index contributed by atoms with van der Waals surface area (Å²) in [5, 5.41) is 11.5. The number of rotatable bonds is 6. The summed E-state index contributed by atoms with van der Waals surface area (Å²) in [5.74, 6) is 0.734. The van der Waals surface area contributed by atoms with Gasteiger partial charge >= 0.3 is 0 Å². The molecule has 3 aromatic rings. The number of nitro groups is 1. The van der Waals surface area contributed by atoms with Crippen LogP contribution in [0.3, 0.4) is 0 Å². The molecule has 0 aliphatic carbocycles. The smallest absolute Gasteiger partial charge is 0.271 e. The number of carbonyl (C=O) groups excluding carboxylic acids is 1. The third-order valence-electron chi connectivity index (χ3n) is 5.19. The number of nitrogens with zero attached hydrogens (tertiary/aromatic N) is 4. The van der Waals surface area contributed by atoms with Crippen LogP contribution in [0.5, 0.6) is 5.75 Å². The predicted molar refractivity (Wildman–Crippen MR) is 115 cm³/mol. The first-order valence-corrected chi connectivity index (χ1v) is 10.6. The number of carbonyl (C=O) groups is 1. The molecule has 1 aliphatic rings. The normalized spacial score (nSPS) is 14.8. The number of likely N-dealkylation sites (tertiary alicyclic amines) is 1. The van der Waals surface area contributed by atoms with Crippen molar-refractivity contribution in [2.24, 2.45) is 0 Å². The fraction of sp³-hybridized carbons (Fsp3) is 0.333. The van der Waals surface area contributed by atoms with E-state index in [1.807, 2.05) is 40.7 Å². The van der Waals surface area contributed by atoms with Crippen LogP contribution in [0.2, 0.25) is 0 Å². The van der Waals surface area contributed by atoms with Crippen LogP contribution in [-0.2, 0) is 4.79 Å². The van der Waals surface area contributed by atoms with Crippen molar-refractivity contribution in [2.75, 3.05) is 20.2 Å². The van der Waals surface area contributed by atoms with Crippen molar-refractivity contribution in [3.8, 4) is 11.4 Å². The number of nitro benzene ring substituents is 1. The zero-order valence-electron chi connectivity index (χ0n) is 16.8. The van der Waals surface area contributed by atoms with Crippen molar-refractivity contribution in [2.45, 2.75) is 30.2 Å². The minimum absolute atomic E-state index is 0.0232. The Labute approximate surface area is 178 Å². The highest BCUT2D eigenvalue weighted by Crippen LogP contribution is 2.35. The van der Waals surface area contributed by atoms with Crippen LogP contribution < -0.4 is 4.74 Å². The predicted octanol–water partition coefficient (Wildman–Crippen LogP) is 4.05. The van der Waals surface area contributed by atoms with Gasteiger partial charge in [0.25, 0.3) is 5.69 Å². The third kappa shape index (κ3) is 3.72. The molecule has 30 heavy (non-hydrogen) atoms. The Hall–Kier alpha value is -3.07. The lowest BCUT2D eigenvalue weighted by molar-refractivity contribution is -0.384. The number of benzene rings is 2. The summed E-state index contributed by atoms with van der Waals surface area (Å²) in [5.41, 5.74) is 1.96. The van der Waals surface area contributed by atoms with Crippen molar-refractivity contribution in [3.63, 3.8) is 0 Å². The van der Waals surface area contributed by atoms with Gasteiger partial charge in [-0.05, 0) is 38.0 Å². The van der Waals surface area contributed by atoms with Gasteiger partial charge in [0, 0.05) is 25.2 Å². The van der Waals surface area contributed by atoms with E-state index in [2.05, 4.69) is 4.98 Å². The van der Waals surface area contributed by atoms with E-state index >= 15 is 0 Å². The molecule has 1 aliphatic heterocycles. The lowest BCUT2D eigenvalue weighted by atomic mass is 10.2. The molecule has 0 spiro atoms. The summed E-state index contributed by atoms with van der Waals surface area (Å²) in [7, 11) is 1.59. The summed E-state index contributed by atoms with van der Waals surface area (Å²) in [6.45, 7) is 3.46. The molecule has 0 N–H and O–H groups in total. The molecule has 8 nitrogen and oxygen atoms in total. The van der Waals surface area contributed by atoms with E-state index in [0.717, 1.165) is 31.6 Å². The number of non-ortho nitro benzene ring substituents is 1. The Kier molecular flexibility index (Phi) is 5.63. The summed E-state index contributed by atoms with van der Waals surface area (Å²) >= 11 is 1.35. The van der Waals surface area contributed by atoms with Crippen LogP contribution in [0.25, 0.3) is 16.7 Å². The van der Waals surface area contributed by atoms with Crippen molar-refractivity contribution in [1.29, 1.82) is 0 Å². The third-order valence-corrected chi connectivity index (χ3v) is 6.23. The average molecular weight is 426 g/mol. The van der Waals surface area contributed by atoms with E-state index in [0.29, 0.717) is 21.9 Å². The lowest BCUT2D eigenvalue weighted by Crippen LogP contribution is -2.34. The molecule has 1 saturated heterocycles. The summed E-state index contributed by atoms with van der Waals surface area (Å²) in [4.78, 5) is 30.2. The highest BCUT2D eigenvalue weighted by atomic mass is 32.2. The molecule has 2 aromatic carbocycles. The van der Waals surface area contributed by atoms with Crippen molar-refractivity contribution in [3.05, 3.63) is 52.6 Å². The van der Waals surface area contributed by atoms with E-state index in [4.69, 9.17) is 4.74 Å².